The molecule has 4 heteroatoms. The second-order valence-corrected chi connectivity index (χ2v) is 5.29. The van der Waals surface area contributed by atoms with Gasteiger partial charge in [-0.05, 0) is 32.0 Å². The maximum atomic E-state index is 13.6. The molecule has 0 atom stereocenters. The van der Waals surface area contributed by atoms with Gasteiger partial charge in [0, 0.05) is 12.0 Å². The van der Waals surface area contributed by atoms with Crippen LogP contribution in [0, 0.1) is 11.6 Å². The van der Waals surface area contributed by atoms with Crippen LogP contribution in [-0.2, 0) is 0 Å². The van der Waals surface area contributed by atoms with Gasteiger partial charge in [-0.1, -0.05) is 25.3 Å². The van der Waals surface area contributed by atoms with Gasteiger partial charge in [-0.3, -0.25) is 4.79 Å². The molecule has 0 aliphatic heterocycles. The van der Waals surface area contributed by atoms with Gasteiger partial charge in [-0.15, -0.1) is 0 Å². The van der Waals surface area contributed by atoms with Crippen LogP contribution in [0.5, 0.6) is 0 Å². The zero-order valence-corrected chi connectivity index (χ0v) is 11.1. The highest BCUT2D eigenvalue weighted by Crippen LogP contribution is 2.32. The Bertz CT molecular complexity index is 447. The molecule has 1 aliphatic carbocycles. The van der Waals surface area contributed by atoms with Crippen molar-refractivity contribution in [1.82, 2.24) is 5.32 Å². The van der Waals surface area contributed by atoms with E-state index in [-0.39, 0.29) is 12.0 Å². The molecule has 1 aromatic rings. The van der Waals surface area contributed by atoms with Crippen molar-refractivity contribution in [3.05, 3.63) is 35.4 Å². The summed E-state index contributed by atoms with van der Waals surface area (Å²) >= 11 is 0. The fourth-order valence-corrected chi connectivity index (χ4v) is 2.90. The number of hydrogen-bond acceptors (Lipinski definition) is 2. The molecule has 0 amide bonds. The van der Waals surface area contributed by atoms with Crippen molar-refractivity contribution < 1.29 is 13.6 Å². The molecule has 2 nitrogen and oxygen atoms in total. The van der Waals surface area contributed by atoms with Crippen LogP contribution in [0.1, 0.15) is 48.9 Å². The molecule has 0 saturated heterocycles. The first-order valence-electron chi connectivity index (χ1n) is 6.74. The highest BCUT2D eigenvalue weighted by molar-refractivity contribution is 5.97. The lowest BCUT2D eigenvalue weighted by Crippen LogP contribution is -2.46. The van der Waals surface area contributed by atoms with Crippen LogP contribution in [0.3, 0.4) is 0 Å². The second kappa shape index (κ2) is 5.78. The van der Waals surface area contributed by atoms with Crippen LogP contribution in [0.4, 0.5) is 8.78 Å². The number of benzene rings is 1. The smallest absolute Gasteiger partial charge is 0.170 e. The van der Waals surface area contributed by atoms with Crippen LogP contribution < -0.4 is 5.32 Å². The van der Waals surface area contributed by atoms with Gasteiger partial charge in [0.15, 0.2) is 5.78 Å². The normalized spacial score (nSPS) is 18.3. The molecule has 1 saturated carbocycles. The lowest BCUT2D eigenvalue weighted by Gasteiger charge is -2.36. The number of rotatable bonds is 4. The Hall–Kier alpha value is -1.29. The van der Waals surface area contributed by atoms with Gasteiger partial charge in [0.25, 0.3) is 0 Å². The summed E-state index contributed by atoms with van der Waals surface area (Å²) in [7, 11) is 1.82. The number of nitrogens with one attached hydrogen (secondary N) is 1. The van der Waals surface area contributed by atoms with Gasteiger partial charge in [-0.2, -0.15) is 0 Å². The molecule has 0 unspecified atom stereocenters. The van der Waals surface area contributed by atoms with Crippen molar-refractivity contribution in [2.24, 2.45) is 0 Å². The Balaban J connectivity index is 2.20. The van der Waals surface area contributed by atoms with Crippen molar-refractivity contribution in [2.75, 3.05) is 7.05 Å². The van der Waals surface area contributed by atoms with Crippen LogP contribution >= 0.6 is 0 Å². The molecular weight excluding hydrogens is 248 g/mol. The number of halogens is 2. The molecule has 0 heterocycles. The number of carbonyl (C=O) groups excluding carboxylic acids is 1. The molecule has 1 fully saturated rings. The summed E-state index contributed by atoms with van der Waals surface area (Å²) in [6.45, 7) is 0. The Kier molecular flexibility index (Phi) is 4.30. The van der Waals surface area contributed by atoms with Crippen molar-refractivity contribution >= 4 is 5.78 Å². The molecular formula is C15H19F2NO. The fraction of sp³-hybridized carbons (Fsp3) is 0.533. The summed E-state index contributed by atoms with van der Waals surface area (Å²) < 4.78 is 27.2. The SMILES string of the molecule is CNC1(CC(=O)c2c(F)cccc2F)CCCCC1. The molecule has 1 aliphatic rings. The Morgan fingerprint density at radius 2 is 1.79 bits per heavy atom. The first kappa shape index (κ1) is 14.1. The summed E-state index contributed by atoms with van der Waals surface area (Å²) in [6.07, 6.45) is 5.17. The van der Waals surface area contributed by atoms with E-state index in [1.54, 1.807) is 0 Å². The minimum Gasteiger partial charge on any atom is -0.314 e. The predicted molar refractivity (Wildman–Crippen MR) is 70.2 cm³/mol. The second-order valence-electron chi connectivity index (χ2n) is 5.29. The summed E-state index contributed by atoms with van der Waals surface area (Å²) in [5.74, 6) is -1.99. The summed E-state index contributed by atoms with van der Waals surface area (Å²) in [6, 6.07) is 3.53. The molecule has 19 heavy (non-hydrogen) atoms. The molecule has 2 rings (SSSR count). The summed E-state index contributed by atoms with van der Waals surface area (Å²) in [5, 5.41) is 3.19. The van der Waals surface area contributed by atoms with Gasteiger partial charge in [-0.25, -0.2) is 8.78 Å². The summed E-state index contributed by atoms with van der Waals surface area (Å²) in [4.78, 5) is 12.2. The standard InChI is InChI=1S/C15H19F2NO/c1-18-15(8-3-2-4-9-15)10-13(19)14-11(16)6-5-7-12(14)17/h5-7,18H,2-4,8-10H2,1H3. The van der Waals surface area contributed by atoms with Crippen molar-refractivity contribution in [1.29, 1.82) is 0 Å². The van der Waals surface area contributed by atoms with E-state index in [1.165, 1.54) is 6.07 Å². The molecule has 104 valence electrons. The average Bonchev–Trinajstić information content (AvgIpc) is 2.39. The molecule has 0 spiro atoms. The zero-order chi connectivity index (χ0) is 13.9. The molecule has 0 aromatic heterocycles. The van der Waals surface area contributed by atoms with Crippen molar-refractivity contribution in [2.45, 2.75) is 44.1 Å². The monoisotopic (exact) mass is 267 g/mol. The topological polar surface area (TPSA) is 29.1 Å². The number of carbonyl (C=O) groups is 1. The van der Waals surface area contributed by atoms with E-state index in [0.717, 1.165) is 44.2 Å². The van der Waals surface area contributed by atoms with Gasteiger partial charge in [0.2, 0.25) is 0 Å². The van der Waals surface area contributed by atoms with Crippen molar-refractivity contribution in [3.63, 3.8) is 0 Å². The van der Waals surface area contributed by atoms with Gasteiger partial charge >= 0.3 is 0 Å². The van der Waals surface area contributed by atoms with E-state index < -0.39 is 23.0 Å². The lowest BCUT2D eigenvalue weighted by molar-refractivity contribution is 0.0906. The number of Topliss-reactive ketones (excluding diaryl/α,β-unsaturated/α-hetero) is 1. The van der Waals surface area contributed by atoms with Gasteiger partial charge in [0.1, 0.15) is 11.6 Å². The first-order chi connectivity index (χ1) is 9.08. The van der Waals surface area contributed by atoms with E-state index >= 15 is 0 Å². The molecule has 1 aromatic carbocycles. The third kappa shape index (κ3) is 3.00. The van der Waals surface area contributed by atoms with Crippen molar-refractivity contribution in [3.8, 4) is 0 Å². The minimum absolute atomic E-state index is 0.154. The van der Waals surface area contributed by atoms with Crippen LogP contribution in [0.2, 0.25) is 0 Å². The number of ketones is 1. The van der Waals surface area contributed by atoms with Crippen LogP contribution in [0.25, 0.3) is 0 Å². The molecule has 0 bridgehead atoms. The van der Waals surface area contributed by atoms with E-state index in [1.807, 2.05) is 7.05 Å². The van der Waals surface area contributed by atoms with E-state index in [2.05, 4.69) is 5.32 Å². The van der Waals surface area contributed by atoms with Crippen LogP contribution in [-0.4, -0.2) is 18.4 Å². The molecule has 1 N–H and O–H groups in total. The third-order valence-electron chi connectivity index (χ3n) is 4.08. The lowest BCUT2D eigenvalue weighted by atomic mass is 9.77. The van der Waals surface area contributed by atoms with Crippen LogP contribution in [0.15, 0.2) is 18.2 Å². The zero-order valence-electron chi connectivity index (χ0n) is 11.1. The maximum Gasteiger partial charge on any atom is 0.170 e. The molecule has 0 radical (unpaired) electrons. The van der Waals surface area contributed by atoms with E-state index in [4.69, 9.17) is 0 Å². The number of hydrogen-bond donors (Lipinski definition) is 1. The fourth-order valence-electron chi connectivity index (χ4n) is 2.90. The maximum absolute atomic E-state index is 13.6. The highest BCUT2D eigenvalue weighted by atomic mass is 19.1. The average molecular weight is 267 g/mol. The van der Waals surface area contributed by atoms with E-state index in [0.29, 0.717) is 0 Å². The van der Waals surface area contributed by atoms with E-state index in [9.17, 15) is 13.6 Å². The Labute approximate surface area is 112 Å². The quantitative estimate of drug-likeness (QED) is 0.846. The third-order valence-corrected chi connectivity index (χ3v) is 4.08. The minimum atomic E-state index is -0.771. The largest absolute Gasteiger partial charge is 0.314 e. The highest BCUT2D eigenvalue weighted by Gasteiger charge is 2.34. The van der Waals surface area contributed by atoms with Gasteiger partial charge in [0.05, 0.1) is 5.56 Å². The van der Waals surface area contributed by atoms with Gasteiger partial charge < -0.3 is 5.32 Å². The Morgan fingerprint density at radius 1 is 1.21 bits per heavy atom. The Morgan fingerprint density at radius 3 is 2.32 bits per heavy atom. The first-order valence-corrected chi connectivity index (χ1v) is 6.74. The summed E-state index contributed by atoms with van der Waals surface area (Å²) in [5.41, 5.74) is -0.702. The predicted octanol–water partition coefficient (Wildman–Crippen LogP) is 3.46.